The van der Waals surface area contributed by atoms with Gasteiger partial charge in [0.15, 0.2) is 0 Å². The normalized spacial score (nSPS) is 15.5. The van der Waals surface area contributed by atoms with Crippen LogP contribution in [0.5, 0.6) is 0 Å². The molecule has 0 unspecified atom stereocenters. The molecule has 1 aromatic rings. The van der Waals surface area contributed by atoms with E-state index < -0.39 is 0 Å². The zero-order chi connectivity index (χ0) is 9.42. The molecule has 0 radical (unpaired) electrons. The van der Waals surface area contributed by atoms with Crippen LogP contribution in [0.4, 0.5) is 5.69 Å². The largest absolute Gasteiger partial charge is 0.397 e. The van der Waals surface area contributed by atoms with Crippen LogP contribution in [0.1, 0.15) is 24.0 Å². The summed E-state index contributed by atoms with van der Waals surface area (Å²) in [4.78, 5) is 0. The van der Waals surface area contributed by atoms with Crippen molar-refractivity contribution in [2.45, 2.75) is 25.7 Å². The first kappa shape index (κ1) is 9.35. The van der Waals surface area contributed by atoms with Gasteiger partial charge in [0.1, 0.15) is 0 Å². The minimum absolute atomic E-state index is 0.674. The van der Waals surface area contributed by atoms with Crippen molar-refractivity contribution in [3.63, 3.8) is 0 Å². The first-order chi connectivity index (χ1) is 6.20. The highest BCUT2D eigenvalue weighted by Gasteiger charge is 2.16. The lowest BCUT2D eigenvalue weighted by atomic mass is 9.91. The molecule has 0 saturated carbocycles. The molecular formula is C10H11BrClN. The van der Waals surface area contributed by atoms with E-state index in [1.807, 2.05) is 6.07 Å². The summed E-state index contributed by atoms with van der Waals surface area (Å²) in [7, 11) is 0. The van der Waals surface area contributed by atoms with E-state index in [1.165, 1.54) is 24.0 Å². The zero-order valence-electron chi connectivity index (χ0n) is 7.24. The first-order valence-electron chi connectivity index (χ1n) is 4.45. The maximum atomic E-state index is 6.00. The molecule has 0 heterocycles. The van der Waals surface area contributed by atoms with Crippen molar-refractivity contribution in [3.8, 4) is 0 Å². The van der Waals surface area contributed by atoms with Gasteiger partial charge in [0.2, 0.25) is 0 Å². The SMILES string of the molecule is Nc1c(Cl)cc2c(c1Br)CCCC2. The molecule has 70 valence electrons. The van der Waals surface area contributed by atoms with E-state index in [1.54, 1.807) is 0 Å². The monoisotopic (exact) mass is 259 g/mol. The molecule has 1 nitrogen and oxygen atoms in total. The molecule has 3 heteroatoms. The van der Waals surface area contributed by atoms with Crippen LogP contribution in [-0.4, -0.2) is 0 Å². The van der Waals surface area contributed by atoms with Crippen molar-refractivity contribution in [2.24, 2.45) is 0 Å². The Morgan fingerprint density at radius 2 is 2.00 bits per heavy atom. The van der Waals surface area contributed by atoms with E-state index in [9.17, 15) is 0 Å². The van der Waals surface area contributed by atoms with E-state index in [4.69, 9.17) is 17.3 Å². The number of hydrogen-bond donors (Lipinski definition) is 1. The average Bonchev–Trinajstić information content (AvgIpc) is 2.15. The number of fused-ring (bicyclic) bond motifs is 1. The van der Waals surface area contributed by atoms with Crippen molar-refractivity contribution >= 4 is 33.2 Å². The van der Waals surface area contributed by atoms with Gasteiger partial charge in [0.05, 0.1) is 10.7 Å². The quantitative estimate of drug-likeness (QED) is 0.709. The second-order valence-corrected chi connectivity index (χ2v) is 4.63. The van der Waals surface area contributed by atoms with Crippen LogP contribution in [0.15, 0.2) is 10.5 Å². The van der Waals surface area contributed by atoms with Crippen LogP contribution in [0, 0.1) is 0 Å². The van der Waals surface area contributed by atoms with Gasteiger partial charge in [-0.3, -0.25) is 0 Å². The number of benzene rings is 1. The maximum absolute atomic E-state index is 6.00. The van der Waals surface area contributed by atoms with Gasteiger partial charge in [-0.05, 0) is 58.8 Å². The second-order valence-electron chi connectivity index (χ2n) is 3.43. The number of halogens is 2. The summed E-state index contributed by atoms with van der Waals surface area (Å²) in [5.74, 6) is 0. The van der Waals surface area contributed by atoms with Gasteiger partial charge in [-0.1, -0.05) is 11.6 Å². The van der Waals surface area contributed by atoms with E-state index in [0.29, 0.717) is 10.7 Å². The molecular weight excluding hydrogens is 249 g/mol. The number of hydrogen-bond acceptors (Lipinski definition) is 1. The molecule has 0 bridgehead atoms. The molecule has 0 atom stereocenters. The number of nitrogens with two attached hydrogens (primary N) is 1. The summed E-state index contributed by atoms with van der Waals surface area (Å²) in [6.45, 7) is 0. The predicted molar refractivity (Wildman–Crippen MR) is 60.2 cm³/mol. The van der Waals surface area contributed by atoms with E-state index in [2.05, 4.69) is 15.9 Å². The summed E-state index contributed by atoms with van der Waals surface area (Å²) >= 11 is 9.50. The van der Waals surface area contributed by atoms with E-state index in [-0.39, 0.29) is 0 Å². The molecule has 0 aromatic heterocycles. The minimum atomic E-state index is 0.674. The smallest absolute Gasteiger partial charge is 0.0650 e. The van der Waals surface area contributed by atoms with E-state index in [0.717, 1.165) is 17.3 Å². The van der Waals surface area contributed by atoms with E-state index >= 15 is 0 Å². The lowest BCUT2D eigenvalue weighted by Gasteiger charge is -2.19. The lowest BCUT2D eigenvalue weighted by molar-refractivity contribution is 0.683. The number of aryl methyl sites for hydroxylation is 1. The molecule has 0 amide bonds. The third-order valence-electron chi connectivity index (χ3n) is 2.57. The van der Waals surface area contributed by atoms with Crippen LogP contribution < -0.4 is 5.73 Å². The van der Waals surface area contributed by atoms with Crippen LogP contribution >= 0.6 is 27.5 Å². The maximum Gasteiger partial charge on any atom is 0.0650 e. The molecule has 13 heavy (non-hydrogen) atoms. The molecule has 2 N–H and O–H groups in total. The Bertz CT molecular complexity index is 349. The highest BCUT2D eigenvalue weighted by molar-refractivity contribution is 9.10. The Morgan fingerprint density at radius 3 is 2.77 bits per heavy atom. The third-order valence-corrected chi connectivity index (χ3v) is 3.79. The summed E-state index contributed by atoms with van der Waals surface area (Å²) in [5, 5.41) is 0.674. The highest BCUT2D eigenvalue weighted by Crippen LogP contribution is 2.37. The zero-order valence-corrected chi connectivity index (χ0v) is 9.58. The summed E-state index contributed by atoms with van der Waals surface area (Å²) in [6, 6.07) is 2.01. The summed E-state index contributed by atoms with van der Waals surface area (Å²) < 4.78 is 1.01. The Morgan fingerprint density at radius 1 is 1.31 bits per heavy atom. The molecule has 1 aliphatic carbocycles. The Hall–Kier alpha value is -0.210. The van der Waals surface area contributed by atoms with Crippen LogP contribution in [0.25, 0.3) is 0 Å². The first-order valence-corrected chi connectivity index (χ1v) is 5.62. The topological polar surface area (TPSA) is 26.0 Å². The summed E-state index contributed by atoms with van der Waals surface area (Å²) in [5.41, 5.74) is 9.22. The fourth-order valence-electron chi connectivity index (χ4n) is 1.84. The van der Waals surface area contributed by atoms with Crippen molar-refractivity contribution in [1.82, 2.24) is 0 Å². The Balaban J connectivity index is 2.60. The van der Waals surface area contributed by atoms with Gasteiger partial charge in [-0.25, -0.2) is 0 Å². The van der Waals surface area contributed by atoms with Gasteiger partial charge in [-0.15, -0.1) is 0 Å². The fraction of sp³-hybridized carbons (Fsp3) is 0.400. The van der Waals surface area contributed by atoms with Gasteiger partial charge in [0, 0.05) is 4.47 Å². The van der Waals surface area contributed by atoms with Crippen LogP contribution in [-0.2, 0) is 12.8 Å². The average molecular weight is 261 g/mol. The van der Waals surface area contributed by atoms with Crippen molar-refractivity contribution < 1.29 is 0 Å². The van der Waals surface area contributed by atoms with Gasteiger partial charge in [-0.2, -0.15) is 0 Å². The Kier molecular flexibility index (Phi) is 2.52. The number of nitrogen functional groups attached to an aromatic ring is 1. The second kappa shape index (κ2) is 3.50. The predicted octanol–water partition coefficient (Wildman–Crippen LogP) is 3.56. The molecule has 0 aliphatic heterocycles. The van der Waals surface area contributed by atoms with Crippen LogP contribution in [0.3, 0.4) is 0 Å². The van der Waals surface area contributed by atoms with Gasteiger partial charge in [0.25, 0.3) is 0 Å². The third kappa shape index (κ3) is 1.57. The highest BCUT2D eigenvalue weighted by atomic mass is 79.9. The molecule has 2 rings (SSSR count). The van der Waals surface area contributed by atoms with Gasteiger partial charge < -0.3 is 5.73 Å². The standard InChI is InChI=1S/C10H11BrClN/c11-9-7-4-2-1-3-6(7)5-8(12)10(9)13/h5H,1-4,13H2. The molecule has 1 aromatic carbocycles. The molecule has 1 aliphatic rings. The van der Waals surface area contributed by atoms with Crippen molar-refractivity contribution in [3.05, 3.63) is 26.7 Å². The lowest BCUT2D eigenvalue weighted by Crippen LogP contribution is -2.05. The van der Waals surface area contributed by atoms with Gasteiger partial charge >= 0.3 is 0 Å². The van der Waals surface area contributed by atoms with Crippen molar-refractivity contribution in [2.75, 3.05) is 5.73 Å². The number of anilines is 1. The molecule has 0 saturated heterocycles. The Labute approximate surface area is 91.4 Å². The fourth-order valence-corrected chi connectivity index (χ4v) is 2.84. The van der Waals surface area contributed by atoms with Crippen LogP contribution in [0.2, 0.25) is 5.02 Å². The molecule has 0 fully saturated rings. The molecule has 0 spiro atoms. The minimum Gasteiger partial charge on any atom is -0.397 e. The summed E-state index contributed by atoms with van der Waals surface area (Å²) in [6.07, 6.45) is 4.78. The number of rotatable bonds is 0. The van der Waals surface area contributed by atoms with Crippen molar-refractivity contribution in [1.29, 1.82) is 0 Å².